The Morgan fingerprint density at radius 2 is 2.17 bits per heavy atom. The quantitative estimate of drug-likeness (QED) is 0.716. The van der Waals surface area contributed by atoms with Gasteiger partial charge in [-0.3, -0.25) is 0 Å². The van der Waals surface area contributed by atoms with Crippen LogP contribution >= 0.6 is 0 Å². The molecule has 1 aromatic carbocycles. The first kappa shape index (κ1) is 9.07. The minimum absolute atomic E-state index is 0.376. The molecule has 0 atom stereocenters. The van der Waals surface area contributed by atoms with Gasteiger partial charge >= 0.3 is 0 Å². The highest BCUT2D eigenvalue weighted by Gasteiger charge is 1.98. The lowest BCUT2D eigenvalue weighted by molar-refractivity contribution is 0.465. The first-order valence-corrected chi connectivity index (χ1v) is 4.23. The second-order valence-corrected chi connectivity index (χ2v) is 2.91. The van der Waals surface area contributed by atoms with Gasteiger partial charge in [-0.15, -0.1) is 0 Å². The van der Waals surface area contributed by atoms with E-state index in [9.17, 15) is 5.11 Å². The van der Waals surface area contributed by atoms with Gasteiger partial charge in [-0.1, -0.05) is 24.6 Å². The predicted octanol–water partition coefficient (Wildman–Crippen LogP) is 1.81. The van der Waals surface area contributed by atoms with E-state index in [1.54, 1.807) is 6.07 Å². The molecule has 0 radical (unpaired) electrons. The van der Waals surface area contributed by atoms with Crippen molar-refractivity contribution >= 4 is 0 Å². The molecular formula is C10H15NO. The molecule has 0 spiro atoms. The number of aromatic hydroxyl groups is 1. The van der Waals surface area contributed by atoms with Crippen molar-refractivity contribution in [2.24, 2.45) is 0 Å². The molecule has 1 rings (SSSR count). The van der Waals surface area contributed by atoms with E-state index in [0.717, 1.165) is 18.7 Å². The molecule has 1 aromatic rings. The summed E-state index contributed by atoms with van der Waals surface area (Å²) in [5, 5.41) is 12.6. The number of hydrogen-bond acceptors (Lipinski definition) is 2. The van der Waals surface area contributed by atoms with Crippen molar-refractivity contribution in [2.75, 3.05) is 6.54 Å². The van der Waals surface area contributed by atoms with Gasteiger partial charge in [-0.25, -0.2) is 0 Å². The van der Waals surface area contributed by atoms with E-state index in [0.29, 0.717) is 5.75 Å². The van der Waals surface area contributed by atoms with Crippen LogP contribution in [0.15, 0.2) is 18.2 Å². The molecule has 0 bridgehead atoms. The Morgan fingerprint density at radius 3 is 2.83 bits per heavy atom. The molecule has 0 aliphatic heterocycles. The fraction of sp³-hybridized carbons (Fsp3) is 0.400. The van der Waals surface area contributed by atoms with E-state index in [-0.39, 0.29) is 0 Å². The van der Waals surface area contributed by atoms with Crippen LogP contribution in [0, 0.1) is 6.92 Å². The Kier molecular flexibility index (Phi) is 3.11. The molecule has 0 unspecified atom stereocenters. The predicted molar refractivity (Wildman–Crippen MR) is 50.2 cm³/mol. The van der Waals surface area contributed by atoms with Crippen LogP contribution in [0.5, 0.6) is 5.75 Å². The number of phenolic OH excluding ortho intramolecular Hbond substituents is 1. The number of nitrogens with one attached hydrogen (secondary N) is 1. The zero-order chi connectivity index (χ0) is 8.97. The fourth-order valence-electron chi connectivity index (χ4n) is 1.12. The van der Waals surface area contributed by atoms with E-state index in [1.807, 2.05) is 26.0 Å². The van der Waals surface area contributed by atoms with Crippen LogP contribution in [0.4, 0.5) is 0 Å². The van der Waals surface area contributed by atoms with Gasteiger partial charge in [0.2, 0.25) is 0 Å². The molecule has 0 saturated carbocycles. The Balaban J connectivity index is 2.75. The van der Waals surface area contributed by atoms with Crippen LogP contribution < -0.4 is 5.32 Å². The van der Waals surface area contributed by atoms with E-state index in [2.05, 4.69) is 5.32 Å². The van der Waals surface area contributed by atoms with Crippen molar-refractivity contribution in [1.82, 2.24) is 5.32 Å². The van der Waals surface area contributed by atoms with Gasteiger partial charge in [-0.2, -0.15) is 0 Å². The molecule has 2 heteroatoms. The van der Waals surface area contributed by atoms with Gasteiger partial charge in [0.1, 0.15) is 5.75 Å². The van der Waals surface area contributed by atoms with E-state index < -0.39 is 0 Å². The molecular weight excluding hydrogens is 150 g/mol. The highest BCUT2D eigenvalue weighted by Crippen LogP contribution is 2.17. The van der Waals surface area contributed by atoms with E-state index >= 15 is 0 Å². The van der Waals surface area contributed by atoms with Crippen molar-refractivity contribution in [2.45, 2.75) is 20.4 Å². The highest BCUT2D eigenvalue weighted by molar-refractivity contribution is 5.35. The van der Waals surface area contributed by atoms with Gasteiger partial charge in [0, 0.05) is 12.1 Å². The lowest BCUT2D eigenvalue weighted by Gasteiger charge is -2.05. The second-order valence-electron chi connectivity index (χ2n) is 2.91. The molecule has 0 amide bonds. The third-order valence-corrected chi connectivity index (χ3v) is 1.80. The lowest BCUT2D eigenvalue weighted by atomic mass is 10.1. The zero-order valence-corrected chi connectivity index (χ0v) is 7.59. The van der Waals surface area contributed by atoms with Crippen molar-refractivity contribution in [3.05, 3.63) is 29.3 Å². The van der Waals surface area contributed by atoms with Crippen LogP contribution in [0.1, 0.15) is 18.1 Å². The Bertz CT molecular complexity index is 258. The second kappa shape index (κ2) is 4.12. The highest BCUT2D eigenvalue weighted by atomic mass is 16.3. The molecule has 0 aliphatic rings. The standard InChI is InChI=1S/C10H15NO/c1-3-11-7-9-6-8(2)4-5-10(9)12/h4-6,11-12H,3,7H2,1-2H3. The van der Waals surface area contributed by atoms with Crippen molar-refractivity contribution in [3.8, 4) is 5.75 Å². The van der Waals surface area contributed by atoms with Crippen molar-refractivity contribution in [3.63, 3.8) is 0 Å². The van der Waals surface area contributed by atoms with Crippen LogP contribution in [0.2, 0.25) is 0 Å². The lowest BCUT2D eigenvalue weighted by Crippen LogP contribution is -2.11. The molecule has 0 saturated heterocycles. The molecule has 2 N–H and O–H groups in total. The number of rotatable bonds is 3. The van der Waals surface area contributed by atoms with Gasteiger partial charge in [-0.05, 0) is 19.5 Å². The maximum absolute atomic E-state index is 9.42. The van der Waals surface area contributed by atoms with E-state index in [1.165, 1.54) is 5.56 Å². The zero-order valence-electron chi connectivity index (χ0n) is 7.59. The monoisotopic (exact) mass is 165 g/mol. The minimum atomic E-state index is 0.376. The van der Waals surface area contributed by atoms with Crippen molar-refractivity contribution < 1.29 is 5.11 Å². The summed E-state index contributed by atoms with van der Waals surface area (Å²) in [5.41, 5.74) is 2.15. The third kappa shape index (κ3) is 2.24. The number of aryl methyl sites for hydroxylation is 1. The van der Waals surface area contributed by atoms with Crippen molar-refractivity contribution in [1.29, 1.82) is 0 Å². The fourth-order valence-corrected chi connectivity index (χ4v) is 1.12. The Labute approximate surface area is 73.2 Å². The molecule has 0 fully saturated rings. The maximum Gasteiger partial charge on any atom is 0.120 e. The Morgan fingerprint density at radius 1 is 1.42 bits per heavy atom. The number of hydrogen-bond donors (Lipinski definition) is 2. The van der Waals surface area contributed by atoms with Gasteiger partial charge < -0.3 is 10.4 Å². The normalized spacial score (nSPS) is 10.2. The van der Waals surface area contributed by atoms with Crippen LogP contribution in [-0.2, 0) is 6.54 Å². The van der Waals surface area contributed by atoms with Crippen LogP contribution in [-0.4, -0.2) is 11.7 Å². The average molecular weight is 165 g/mol. The molecule has 0 heterocycles. The summed E-state index contributed by atoms with van der Waals surface area (Å²) in [6.07, 6.45) is 0. The maximum atomic E-state index is 9.42. The molecule has 66 valence electrons. The number of benzene rings is 1. The Hall–Kier alpha value is -1.02. The van der Waals surface area contributed by atoms with Gasteiger partial charge in [0.05, 0.1) is 0 Å². The summed E-state index contributed by atoms with van der Waals surface area (Å²) in [4.78, 5) is 0. The summed E-state index contributed by atoms with van der Waals surface area (Å²) in [6, 6.07) is 5.64. The molecule has 0 aromatic heterocycles. The summed E-state index contributed by atoms with van der Waals surface area (Å²) >= 11 is 0. The molecule has 0 aliphatic carbocycles. The van der Waals surface area contributed by atoms with Gasteiger partial charge in [0.25, 0.3) is 0 Å². The first-order chi connectivity index (χ1) is 5.74. The SMILES string of the molecule is CCNCc1cc(C)ccc1O. The molecule has 2 nitrogen and oxygen atoms in total. The van der Waals surface area contributed by atoms with E-state index in [4.69, 9.17) is 0 Å². The summed E-state index contributed by atoms with van der Waals surface area (Å²) in [6.45, 7) is 5.74. The third-order valence-electron chi connectivity index (χ3n) is 1.80. The van der Waals surface area contributed by atoms with Gasteiger partial charge in [0.15, 0.2) is 0 Å². The summed E-state index contributed by atoms with van der Waals surface area (Å²) in [5.74, 6) is 0.376. The van der Waals surface area contributed by atoms with Crippen LogP contribution in [0.3, 0.4) is 0 Å². The van der Waals surface area contributed by atoms with Crippen LogP contribution in [0.25, 0.3) is 0 Å². The first-order valence-electron chi connectivity index (χ1n) is 4.23. The largest absolute Gasteiger partial charge is 0.508 e. The summed E-state index contributed by atoms with van der Waals surface area (Å²) in [7, 11) is 0. The minimum Gasteiger partial charge on any atom is -0.508 e. The summed E-state index contributed by atoms with van der Waals surface area (Å²) < 4.78 is 0. The average Bonchev–Trinajstić information content (AvgIpc) is 2.07. The number of phenols is 1. The smallest absolute Gasteiger partial charge is 0.120 e. The topological polar surface area (TPSA) is 32.3 Å². The molecule has 12 heavy (non-hydrogen) atoms.